The van der Waals surface area contributed by atoms with Gasteiger partial charge in [0.05, 0.1) is 18.7 Å². The zero-order valence-corrected chi connectivity index (χ0v) is 15.7. The Bertz CT molecular complexity index is 744. The Labute approximate surface area is 155 Å². The predicted octanol–water partition coefficient (Wildman–Crippen LogP) is 3.42. The number of nitrogens with zero attached hydrogens (tertiary/aromatic N) is 1. The van der Waals surface area contributed by atoms with Crippen molar-refractivity contribution < 1.29 is 14.3 Å². The summed E-state index contributed by atoms with van der Waals surface area (Å²) in [4.78, 5) is 26.0. The summed E-state index contributed by atoms with van der Waals surface area (Å²) in [5, 5.41) is 2.93. The third kappa shape index (κ3) is 5.62. The van der Waals surface area contributed by atoms with Gasteiger partial charge in [0.1, 0.15) is 5.75 Å². The van der Waals surface area contributed by atoms with Crippen molar-refractivity contribution in [3.63, 3.8) is 0 Å². The van der Waals surface area contributed by atoms with Crippen molar-refractivity contribution in [2.75, 3.05) is 13.6 Å². The molecule has 0 aliphatic heterocycles. The standard InChI is InChI=1S/C21H26N2O3/c1-15(2)26-19-12-8-11-18(13-19)16(3)22-20(24)14-23(4)21(25)17-9-6-5-7-10-17/h5-13,15-16H,14H2,1-4H3,(H,22,24). The molecule has 5 heteroatoms. The summed E-state index contributed by atoms with van der Waals surface area (Å²) in [5.74, 6) is 0.384. The van der Waals surface area contributed by atoms with Crippen molar-refractivity contribution in [3.05, 3.63) is 65.7 Å². The molecule has 0 fully saturated rings. The lowest BCUT2D eigenvalue weighted by atomic mass is 10.1. The fourth-order valence-electron chi connectivity index (χ4n) is 2.59. The van der Waals surface area contributed by atoms with Crippen LogP contribution >= 0.6 is 0 Å². The monoisotopic (exact) mass is 354 g/mol. The number of benzene rings is 2. The largest absolute Gasteiger partial charge is 0.491 e. The van der Waals surface area contributed by atoms with Crippen LogP contribution in [0, 0.1) is 0 Å². The van der Waals surface area contributed by atoms with E-state index in [1.165, 1.54) is 4.90 Å². The van der Waals surface area contributed by atoms with Crippen LogP contribution in [0.5, 0.6) is 5.75 Å². The Morgan fingerprint density at radius 3 is 2.38 bits per heavy atom. The molecular formula is C21H26N2O3. The summed E-state index contributed by atoms with van der Waals surface area (Å²) in [5.41, 5.74) is 1.52. The zero-order chi connectivity index (χ0) is 19.1. The number of amides is 2. The van der Waals surface area contributed by atoms with Crippen LogP contribution in [0.1, 0.15) is 42.7 Å². The third-order valence-electron chi connectivity index (χ3n) is 3.86. The van der Waals surface area contributed by atoms with E-state index in [2.05, 4.69) is 5.32 Å². The second-order valence-corrected chi connectivity index (χ2v) is 6.56. The average molecular weight is 354 g/mol. The van der Waals surface area contributed by atoms with Crippen LogP contribution in [0.15, 0.2) is 54.6 Å². The van der Waals surface area contributed by atoms with Gasteiger partial charge in [-0.2, -0.15) is 0 Å². The molecule has 0 heterocycles. The van der Waals surface area contributed by atoms with Gasteiger partial charge in [-0.3, -0.25) is 9.59 Å². The molecule has 0 saturated carbocycles. The number of hydrogen-bond acceptors (Lipinski definition) is 3. The Kier molecular flexibility index (Phi) is 6.78. The molecule has 1 atom stereocenters. The Hall–Kier alpha value is -2.82. The van der Waals surface area contributed by atoms with E-state index in [0.717, 1.165) is 11.3 Å². The number of rotatable bonds is 7. The summed E-state index contributed by atoms with van der Waals surface area (Å²) >= 11 is 0. The highest BCUT2D eigenvalue weighted by atomic mass is 16.5. The number of ether oxygens (including phenoxy) is 1. The molecule has 2 aromatic carbocycles. The fourth-order valence-corrected chi connectivity index (χ4v) is 2.59. The maximum atomic E-state index is 12.3. The van der Waals surface area contributed by atoms with E-state index in [0.29, 0.717) is 5.56 Å². The van der Waals surface area contributed by atoms with Crippen LogP contribution in [0.25, 0.3) is 0 Å². The van der Waals surface area contributed by atoms with Crippen molar-refractivity contribution in [2.45, 2.75) is 32.9 Å². The van der Waals surface area contributed by atoms with Gasteiger partial charge in [0, 0.05) is 12.6 Å². The van der Waals surface area contributed by atoms with Crippen LogP contribution in [0.2, 0.25) is 0 Å². The van der Waals surface area contributed by atoms with Crippen molar-refractivity contribution in [3.8, 4) is 5.75 Å². The maximum absolute atomic E-state index is 12.3. The molecule has 2 amide bonds. The van der Waals surface area contributed by atoms with Gasteiger partial charge in [0.2, 0.25) is 5.91 Å². The molecule has 0 spiro atoms. The molecule has 0 aliphatic rings. The summed E-state index contributed by atoms with van der Waals surface area (Å²) < 4.78 is 5.69. The molecule has 1 N–H and O–H groups in total. The van der Waals surface area contributed by atoms with Gasteiger partial charge < -0.3 is 15.0 Å². The molecule has 0 bridgehead atoms. The summed E-state index contributed by atoms with van der Waals surface area (Å²) in [6.07, 6.45) is 0.0906. The topological polar surface area (TPSA) is 58.6 Å². The first-order valence-electron chi connectivity index (χ1n) is 8.73. The maximum Gasteiger partial charge on any atom is 0.254 e. The van der Waals surface area contributed by atoms with Gasteiger partial charge in [-0.25, -0.2) is 0 Å². The molecule has 5 nitrogen and oxygen atoms in total. The quantitative estimate of drug-likeness (QED) is 0.829. The second kappa shape index (κ2) is 9.04. The minimum atomic E-state index is -0.209. The van der Waals surface area contributed by atoms with E-state index in [9.17, 15) is 9.59 Å². The smallest absolute Gasteiger partial charge is 0.254 e. The number of carbonyl (C=O) groups excluding carboxylic acids is 2. The minimum absolute atomic E-state index is 0.000250. The van der Waals surface area contributed by atoms with E-state index in [1.54, 1.807) is 31.3 Å². The lowest BCUT2D eigenvalue weighted by molar-refractivity contribution is -0.122. The van der Waals surface area contributed by atoms with Crippen molar-refractivity contribution in [2.24, 2.45) is 0 Å². The van der Waals surface area contributed by atoms with E-state index >= 15 is 0 Å². The van der Waals surface area contributed by atoms with Crippen LogP contribution in [0.4, 0.5) is 0 Å². The molecule has 0 radical (unpaired) electrons. The van der Waals surface area contributed by atoms with E-state index in [-0.39, 0.29) is 30.5 Å². The van der Waals surface area contributed by atoms with Crippen molar-refractivity contribution >= 4 is 11.8 Å². The number of carbonyl (C=O) groups is 2. The Morgan fingerprint density at radius 2 is 1.73 bits per heavy atom. The van der Waals surface area contributed by atoms with E-state index in [4.69, 9.17) is 4.74 Å². The lowest BCUT2D eigenvalue weighted by Gasteiger charge is -2.20. The highest BCUT2D eigenvalue weighted by Crippen LogP contribution is 2.20. The van der Waals surface area contributed by atoms with Gasteiger partial charge in [-0.05, 0) is 50.6 Å². The highest BCUT2D eigenvalue weighted by molar-refractivity contribution is 5.96. The molecule has 2 rings (SSSR count). The molecular weight excluding hydrogens is 328 g/mol. The molecule has 138 valence electrons. The van der Waals surface area contributed by atoms with Gasteiger partial charge >= 0.3 is 0 Å². The Balaban J connectivity index is 1.93. The fraction of sp³-hybridized carbons (Fsp3) is 0.333. The minimum Gasteiger partial charge on any atom is -0.491 e. The van der Waals surface area contributed by atoms with Gasteiger partial charge in [0.15, 0.2) is 0 Å². The second-order valence-electron chi connectivity index (χ2n) is 6.56. The molecule has 0 saturated heterocycles. The Morgan fingerprint density at radius 1 is 1.04 bits per heavy atom. The third-order valence-corrected chi connectivity index (χ3v) is 3.86. The number of nitrogens with one attached hydrogen (secondary N) is 1. The summed E-state index contributed by atoms with van der Waals surface area (Å²) in [7, 11) is 1.62. The summed E-state index contributed by atoms with van der Waals surface area (Å²) in [6.45, 7) is 5.85. The van der Waals surface area contributed by atoms with Crippen molar-refractivity contribution in [1.29, 1.82) is 0 Å². The van der Waals surface area contributed by atoms with E-state index in [1.807, 2.05) is 51.1 Å². The van der Waals surface area contributed by atoms with Gasteiger partial charge in [-0.1, -0.05) is 30.3 Å². The first kappa shape index (κ1) is 19.5. The zero-order valence-electron chi connectivity index (χ0n) is 15.7. The van der Waals surface area contributed by atoms with Crippen molar-refractivity contribution in [1.82, 2.24) is 10.2 Å². The first-order chi connectivity index (χ1) is 12.4. The molecule has 0 aliphatic carbocycles. The van der Waals surface area contributed by atoms with Crippen LogP contribution in [-0.4, -0.2) is 36.4 Å². The SMILES string of the molecule is CC(C)Oc1cccc(C(C)NC(=O)CN(C)C(=O)c2ccccc2)c1. The van der Waals surface area contributed by atoms with Crippen LogP contribution in [0.3, 0.4) is 0 Å². The summed E-state index contributed by atoms with van der Waals surface area (Å²) in [6, 6.07) is 16.4. The van der Waals surface area contributed by atoms with Crippen LogP contribution in [-0.2, 0) is 4.79 Å². The molecule has 0 aromatic heterocycles. The highest BCUT2D eigenvalue weighted by Gasteiger charge is 2.16. The number of likely N-dealkylation sites (N-methyl/N-ethyl adjacent to an activating group) is 1. The molecule has 1 unspecified atom stereocenters. The first-order valence-corrected chi connectivity index (χ1v) is 8.73. The van der Waals surface area contributed by atoms with Gasteiger partial charge in [0.25, 0.3) is 5.91 Å². The van der Waals surface area contributed by atoms with E-state index < -0.39 is 0 Å². The molecule has 2 aromatic rings. The number of hydrogen-bond donors (Lipinski definition) is 1. The predicted molar refractivity (Wildman–Crippen MR) is 102 cm³/mol. The normalized spacial score (nSPS) is 11.7. The average Bonchev–Trinajstić information content (AvgIpc) is 2.61. The molecule has 26 heavy (non-hydrogen) atoms. The van der Waals surface area contributed by atoms with Gasteiger partial charge in [-0.15, -0.1) is 0 Å². The van der Waals surface area contributed by atoms with Crippen LogP contribution < -0.4 is 10.1 Å². The lowest BCUT2D eigenvalue weighted by Crippen LogP contribution is -2.39.